The number of carbonyl (C=O) groups is 3. The Kier molecular flexibility index (Phi) is 7.09. The second-order valence-electron chi connectivity index (χ2n) is 7.73. The highest BCUT2D eigenvalue weighted by molar-refractivity contribution is 7.99. The number of nitrogens with one attached hydrogen (secondary N) is 2. The van der Waals surface area contributed by atoms with Crippen LogP contribution in [-0.2, 0) is 23.2 Å². The van der Waals surface area contributed by atoms with Crippen LogP contribution in [0.1, 0.15) is 28.8 Å². The molecule has 0 atom stereocenters. The van der Waals surface area contributed by atoms with Crippen molar-refractivity contribution in [3.05, 3.63) is 72.1 Å². The van der Waals surface area contributed by atoms with E-state index in [1.165, 1.54) is 11.8 Å². The molecule has 0 radical (unpaired) electrons. The van der Waals surface area contributed by atoms with Gasteiger partial charge in [-0.05, 0) is 48.4 Å². The van der Waals surface area contributed by atoms with Crippen LogP contribution in [0, 0.1) is 0 Å². The van der Waals surface area contributed by atoms with Gasteiger partial charge in [-0.2, -0.15) is 0 Å². The predicted octanol–water partition coefficient (Wildman–Crippen LogP) is 3.21. The lowest BCUT2D eigenvalue weighted by Gasteiger charge is -2.16. The van der Waals surface area contributed by atoms with E-state index in [4.69, 9.17) is 0 Å². The summed E-state index contributed by atoms with van der Waals surface area (Å²) in [5, 5.41) is 6.49. The molecule has 2 heterocycles. The van der Waals surface area contributed by atoms with Crippen LogP contribution < -0.4 is 15.5 Å². The molecule has 8 nitrogen and oxygen atoms in total. The normalized spacial score (nSPS) is 13.2. The minimum Gasteiger partial charge on any atom is -0.348 e. The fourth-order valence-electron chi connectivity index (χ4n) is 3.52. The van der Waals surface area contributed by atoms with E-state index in [1.807, 2.05) is 42.1 Å². The smallest absolute Gasteiger partial charge is 0.251 e. The molecule has 33 heavy (non-hydrogen) atoms. The number of thioether (sulfide) groups is 1. The van der Waals surface area contributed by atoms with Crippen molar-refractivity contribution >= 4 is 40.9 Å². The molecule has 2 aromatic carbocycles. The van der Waals surface area contributed by atoms with Crippen molar-refractivity contribution in [2.45, 2.75) is 24.5 Å². The highest BCUT2D eigenvalue weighted by atomic mass is 32.2. The highest BCUT2D eigenvalue weighted by Crippen LogP contribution is 2.21. The van der Waals surface area contributed by atoms with E-state index in [2.05, 4.69) is 15.6 Å². The molecule has 0 spiro atoms. The van der Waals surface area contributed by atoms with Crippen molar-refractivity contribution in [2.75, 3.05) is 22.5 Å². The van der Waals surface area contributed by atoms with Crippen molar-refractivity contribution in [2.24, 2.45) is 7.05 Å². The van der Waals surface area contributed by atoms with Crippen molar-refractivity contribution in [1.82, 2.24) is 14.9 Å². The van der Waals surface area contributed by atoms with Crippen LogP contribution in [-0.4, -0.2) is 39.6 Å². The SMILES string of the molecule is Cn1ccnc1SCC(=O)Nc1ccc(C(=O)NCc2ccc(N3CCCC3=O)cc2)cc1. The van der Waals surface area contributed by atoms with E-state index < -0.39 is 0 Å². The predicted molar refractivity (Wildman–Crippen MR) is 128 cm³/mol. The first-order valence-electron chi connectivity index (χ1n) is 10.7. The number of rotatable bonds is 8. The van der Waals surface area contributed by atoms with Crippen molar-refractivity contribution < 1.29 is 14.4 Å². The van der Waals surface area contributed by atoms with E-state index in [9.17, 15) is 14.4 Å². The molecule has 1 aromatic heterocycles. The molecule has 4 rings (SSSR count). The summed E-state index contributed by atoms with van der Waals surface area (Å²) in [5.74, 6) is 0.0662. The Morgan fingerprint density at radius 1 is 1.09 bits per heavy atom. The maximum absolute atomic E-state index is 12.5. The van der Waals surface area contributed by atoms with Gasteiger partial charge in [0.2, 0.25) is 11.8 Å². The molecule has 1 saturated heterocycles. The molecule has 0 aliphatic carbocycles. The third-order valence-electron chi connectivity index (χ3n) is 5.31. The molecular formula is C24H25N5O3S. The van der Waals surface area contributed by atoms with Gasteiger partial charge < -0.3 is 20.1 Å². The second kappa shape index (κ2) is 10.4. The largest absolute Gasteiger partial charge is 0.348 e. The standard InChI is InChI=1S/C24H25N5O3S/c1-28-14-12-25-24(28)33-16-21(30)27-19-8-6-18(7-9-19)23(32)26-15-17-4-10-20(11-5-17)29-13-2-3-22(29)31/h4-12,14H,2-3,13,15-16H2,1H3,(H,26,32)(H,27,30). The zero-order valence-electron chi connectivity index (χ0n) is 18.3. The summed E-state index contributed by atoms with van der Waals surface area (Å²) in [7, 11) is 1.88. The van der Waals surface area contributed by atoms with Gasteiger partial charge in [0.05, 0.1) is 5.75 Å². The summed E-state index contributed by atoms with van der Waals surface area (Å²) in [5.41, 5.74) is 2.98. The molecule has 2 N–H and O–H groups in total. The number of hydrogen-bond donors (Lipinski definition) is 2. The first kappa shape index (κ1) is 22.6. The number of nitrogens with zero attached hydrogens (tertiary/aromatic N) is 3. The third kappa shape index (κ3) is 5.81. The summed E-state index contributed by atoms with van der Waals surface area (Å²) in [6, 6.07) is 14.4. The number of benzene rings is 2. The van der Waals surface area contributed by atoms with Crippen molar-refractivity contribution in [3.8, 4) is 0 Å². The number of imidazole rings is 1. The summed E-state index contributed by atoms with van der Waals surface area (Å²) < 4.78 is 1.86. The molecule has 3 aromatic rings. The first-order valence-corrected chi connectivity index (χ1v) is 11.7. The van der Waals surface area contributed by atoms with Crippen LogP contribution in [0.5, 0.6) is 0 Å². The molecule has 0 unspecified atom stereocenters. The van der Waals surface area contributed by atoms with Gasteiger partial charge in [-0.15, -0.1) is 0 Å². The zero-order valence-corrected chi connectivity index (χ0v) is 19.1. The average molecular weight is 464 g/mol. The molecule has 0 bridgehead atoms. The number of aryl methyl sites for hydroxylation is 1. The van der Waals surface area contributed by atoms with E-state index >= 15 is 0 Å². The molecular weight excluding hydrogens is 438 g/mol. The molecule has 1 aliphatic rings. The Labute approximate surface area is 196 Å². The van der Waals surface area contributed by atoms with Gasteiger partial charge in [0.15, 0.2) is 5.16 Å². The van der Waals surface area contributed by atoms with Crippen LogP contribution in [0.4, 0.5) is 11.4 Å². The van der Waals surface area contributed by atoms with Gasteiger partial charge in [-0.1, -0.05) is 23.9 Å². The number of aromatic nitrogens is 2. The van der Waals surface area contributed by atoms with Gasteiger partial charge in [0.1, 0.15) is 0 Å². The summed E-state index contributed by atoms with van der Waals surface area (Å²) in [6.07, 6.45) is 5.01. The van der Waals surface area contributed by atoms with Crippen LogP contribution >= 0.6 is 11.8 Å². The summed E-state index contributed by atoms with van der Waals surface area (Å²) in [4.78, 5) is 42.4. The minimum atomic E-state index is -0.197. The third-order valence-corrected chi connectivity index (χ3v) is 6.37. The number of hydrogen-bond acceptors (Lipinski definition) is 5. The van der Waals surface area contributed by atoms with Crippen LogP contribution in [0.3, 0.4) is 0 Å². The Morgan fingerprint density at radius 3 is 2.48 bits per heavy atom. The highest BCUT2D eigenvalue weighted by Gasteiger charge is 2.21. The lowest BCUT2D eigenvalue weighted by molar-refractivity contribution is -0.117. The first-order chi connectivity index (χ1) is 16.0. The van der Waals surface area contributed by atoms with E-state index in [0.29, 0.717) is 24.2 Å². The number of anilines is 2. The van der Waals surface area contributed by atoms with Crippen LogP contribution in [0.15, 0.2) is 66.1 Å². The Hall–Kier alpha value is -3.59. The van der Waals surface area contributed by atoms with Gasteiger partial charge in [-0.3, -0.25) is 14.4 Å². The van der Waals surface area contributed by atoms with E-state index in [-0.39, 0.29) is 23.5 Å². The maximum Gasteiger partial charge on any atom is 0.251 e. The lowest BCUT2D eigenvalue weighted by atomic mass is 10.1. The fourth-order valence-corrected chi connectivity index (χ4v) is 4.25. The fraction of sp³-hybridized carbons (Fsp3) is 0.250. The molecule has 9 heteroatoms. The topological polar surface area (TPSA) is 96.3 Å². The van der Waals surface area contributed by atoms with Gasteiger partial charge in [-0.25, -0.2) is 4.98 Å². The Bertz CT molecular complexity index is 1140. The maximum atomic E-state index is 12.5. The second-order valence-corrected chi connectivity index (χ2v) is 8.68. The zero-order chi connectivity index (χ0) is 23.2. The quantitative estimate of drug-likeness (QED) is 0.500. The number of amides is 3. The minimum absolute atomic E-state index is 0.140. The van der Waals surface area contributed by atoms with E-state index in [1.54, 1.807) is 35.4 Å². The van der Waals surface area contributed by atoms with Crippen molar-refractivity contribution in [1.29, 1.82) is 0 Å². The lowest BCUT2D eigenvalue weighted by Crippen LogP contribution is -2.24. The molecule has 1 aliphatic heterocycles. The summed E-state index contributed by atoms with van der Waals surface area (Å²) >= 11 is 1.36. The monoisotopic (exact) mass is 463 g/mol. The Morgan fingerprint density at radius 2 is 1.85 bits per heavy atom. The van der Waals surface area contributed by atoms with Gasteiger partial charge in [0, 0.05) is 55.9 Å². The molecule has 3 amide bonds. The van der Waals surface area contributed by atoms with Gasteiger partial charge in [0.25, 0.3) is 5.91 Å². The van der Waals surface area contributed by atoms with Gasteiger partial charge >= 0.3 is 0 Å². The number of carbonyl (C=O) groups excluding carboxylic acids is 3. The molecule has 170 valence electrons. The average Bonchev–Trinajstić information content (AvgIpc) is 3.44. The van der Waals surface area contributed by atoms with E-state index in [0.717, 1.165) is 29.4 Å². The van der Waals surface area contributed by atoms with Crippen LogP contribution in [0.2, 0.25) is 0 Å². The molecule has 0 saturated carbocycles. The Balaban J connectivity index is 1.24. The van der Waals surface area contributed by atoms with Crippen molar-refractivity contribution in [3.63, 3.8) is 0 Å². The summed E-state index contributed by atoms with van der Waals surface area (Å²) in [6.45, 7) is 1.14. The van der Waals surface area contributed by atoms with Crippen LogP contribution in [0.25, 0.3) is 0 Å². The molecule has 1 fully saturated rings.